The molecule has 1 fully saturated rings. The van der Waals surface area contributed by atoms with E-state index in [4.69, 9.17) is 8.85 Å². The average Bonchev–Trinajstić information content (AvgIpc) is 3.58. The lowest BCUT2D eigenvalue weighted by molar-refractivity contribution is -0.117. The Bertz CT molecular complexity index is 1200. The molecule has 0 unspecified atom stereocenters. The molecule has 0 spiro atoms. The second kappa shape index (κ2) is 7.53. The van der Waals surface area contributed by atoms with Crippen LogP contribution in [0.25, 0.3) is 10.8 Å². The molecular weight excluding hydrogens is 354 g/mol. The van der Waals surface area contributed by atoms with Crippen LogP contribution in [0.1, 0.15) is 28.2 Å². The van der Waals surface area contributed by atoms with Crippen molar-refractivity contribution in [2.75, 3.05) is 24.7 Å². The number of carbonyl (C=O) groups excluding carboxylic acids is 1. The first-order chi connectivity index (χ1) is 14.8. The summed E-state index contributed by atoms with van der Waals surface area (Å²) in [6.45, 7) is -2.42. The highest BCUT2D eigenvalue weighted by molar-refractivity contribution is 5.99. The number of fused-ring (bicyclic) bond motifs is 1. The molecule has 0 atom stereocenters. The van der Waals surface area contributed by atoms with E-state index in [9.17, 15) is 4.79 Å². The molecule has 140 valence electrons. The zero-order chi connectivity index (χ0) is 22.0. The second-order valence-corrected chi connectivity index (χ2v) is 6.36. The maximum Gasteiger partial charge on any atom is 0.228 e. The molecule has 1 amide bonds. The summed E-state index contributed by atoms with van der Waals surface area (Å²) >= 11 is 0. The number of nitrogens with zero attached hydrogens (tertiary/aromatic N) is 3. The molecule has 3 aromatic rings. The molecule has 1 saturated carbocycles. The van der Waals surface area contributed by atoms with Gasteiger partial charge in [0.25, 0.3) is 0 Å². The van der Waals surface area contributed by atoms with Crippen molar-refractivity contribution in [2.24, 2.45) is 5.92 Å². The topological polar surface area (TPSA) is 89.0 Å². The van der Waals surface area contributed by atoms with E-state index >= 15 is 0 Å². The summed E-state index contributed by atoms with van der Waals surface area (Å²) in [5.41, 5.74) is 1.09. The van der Waals surface area contributed by atoms with Crippen molar-refractivity contribution in [3.05, 3.63) is 48.0 Å². The van der Waals surface area contributed by atoms with Gasteiger partial charge < -0.3 is 15.4 Å². The molecule has 0 saturated heterocycles. The lowest BCUT2D eigenvalue weighted by Crippen LogP contribution is -2.14. The summed E-state index contributed by atoms with van der Waals surface area (Å²) in [4.78, 5) is 24.8. The van der Waals surface area contributed by atoms with Gasteiger partial charge in [-0.3, -0.25) is 4.79 Å². The minimum atomic E-state index is -2.42. The van der Waals surface area contributed by atoms with Crippen molar-refractivity contribution < 1.29 is 13.6 Å². The number of pyridine rings is 3. The Balaban J connectivity index is 1.74. The van der Waals surface area contributed by atoms with E-state index in [1.54, 1.807) is 31.5 Å². The minimum Gasteiger partial charge on any atom is -0.495 e. The van der Waals surface area contributed by atoms with E-state index in [2.05, 4.69) is 37.4 Å². The number of aromatic nitrogens is 3. The molecule has 3 heterocycles. The molecule has 0 aliphatic heterocycles. The molecule has 3 aromatic heterocycles. The summed E-state index contributed by atoms with van der Waals surface area (Å²) in [6, 6.07) is 5.16. The van der Waals surface area contributed by atoms with Gasteiger partial charge in [0.2, 0.25) is 5.91 Å². The number of amides is 1. The van der Waals surface area contributed by atoms with Crippen molar-refractivity contribution in [1.82, 2.24) is 15.0 Å². The second-order valence-electron chi connectivity index (χ2n) is 6.36. The van der Waals surface area contributed by atoms with E-state index in [0.717, 1.165) is 12.8 Å². The van der Waals surface area contributed by atoms with Gasteiger partial charge in [0.1, 0.15) is 23.1 Å². The van der Waals surface area contributed by atoms with Crippen LogP contribution in [0.2, 0.25) is 0 Å². The molecule has 28 heavy (non-hydrogen) atoms. The van der Waals surface area contributed by atoms with Crippen LogP contribution in [0, 0.1) is 17.8 Å². The van der Waals surface area contributed by atoms with Gasteiger partial charge in [0, 0.05) is 40.2 Å². The lowest BCUT2D eigenvalue weighted by Gasteiger charge is -2.09. The third-order valence-corrected chi connectivity index (χ3v) is 4.39. The van der Waals surface area contributed by atoms with E-state index in [0.29, 0.717) is 33.6 Å². The van der Waals surface area contributed by atoms with Gasteiger partial charge in [0.15, 0.2) is 0 Å². The van der Waals surface area contributed by atoms with Gasteiger partial charge in [-0.1, -0.05) is 5.92 Å². The SMILES string of the molecule is [2H]C([2H])([2H])Nc1ncc(C#Cc2ccc(OC)cn2)c2cc(NC(=O)C3CC3)ncc12. The predicted molar refractivity (Wildman–Crippen MR) is 107 cm³/mol. The zero-order valence-electron chi connectivity index (χ0n) is 18.1. The fourth-order valence-electron chi connectivity index (χ4n) is 2.68. The maximum atomic E-state index is 12.1. The van der Waals surface area contributed by atoms with Gasteiger partial charge >= 0.3 is 0 Å². The lowest BCUT2D eigenvalue weighted by atomic mass is 10.1. The Morgan fingerprint density at radius 2 is 2.07 bits per heavy atom. The third kappa shape index (κ3) is 3.71. The minimum absolute atomic E-state index is 0.0307. The van der Waals surface area contributed by atoms with Crippen molar-refractivity contribution in [2.45, 2.75) is 12.8 Å². The molecule has 1 aliphatic rings. The first-order valence-corrected chi connectivity index (χ1v) is 8.72. The quantitative estimate of drug-likeness (QED) is 0.681. The number of anilines is 2. The van der Waals surface area contributed by atoms with Crippen molar-refractivity contribution in [3.8, 4) is 17.6 Å². The molecule has 0 aromatic carbocycles. The van der Waals surface area contributed by atoms with Gasteiger partial charge in [-0.05, 0) is 37.0 Å². The van der Waals surface area contributed by atoms with Crippen LogP contribution >= 0.6 is 0 Å². The Morgan fingerprint density at radius 1 is 1.18 bits per heavy atom. The van der Waals surface area contributed by atoms with Crippen LogP contribution in [0.3, 0.4) is 0 Å². The van der Waals surface area contributed by atoms with Crippen molar-refractivity contribution >= 4 is 28.3 Å². The Hall–Kier alpha value is -3.66. The molecule has 2 N–H and O–H groups in total. The fourth-order valence-corrected chi connectivity index (χ4v) is 2.68. The van der Waals surface area contributed by atoms with E-state index in [1.807, 2.05) is 0 Å². The van der Waals surface area contributed by atoms with Crippen LogP contribution in [0.5, 0.6) is 5.75 Å². The number of carbonyl (C=O) groups is 1. The molecule has 7 nitrogen and oxygen atoms in total. The molecule has 7 heteroatoms. The van der Waals surface area contributed by atoms with Crippen molar-refractivity contribution in [3.63, 3.8) is 0 Å². The molecular formula is C21H19N5O2. The maximum absolute atomic E-state index is 12.1. The van der Waals surface area contributed by atoms with Gasteiger partial charge in [-0.15, -0.1) is 0 Å². The largest absolute Gasteiger partial charge is 0.495 e. The van der Waals surface area contributed by atoms with Crippen LogP contribution < -0.4 is 15.4 Å². The summed E-state index contributed by atoms with van der Waals surface area (Å²) in [7, 11) is 1.56. The van der Waals surface area contributed by atoms with Crippen molar-refractivity contribution in [1.29, 1.82) is 0 Å². The zero-order valence-corrected chi connectivity index (χ0v) is 15.1. The standard InChI is InChI=1S/C21H19N5O2/c1-22-20-18-12-24-19(26-21(27)13-3-4-13)9-17(18)14(10-25-20)5-6-15-7-8-16(28-2)11-23-15/h7-13H,3-4H2,1-2H3,(H,22,25)(H,24,26,27)/i1D3. The Labute approximate surface area is 166 Å². The predicted octanol–water partition coefficient (Wildman–Crippen LogP) is 2.82. The number of methoxy groups -OCH3 is 1. The highest BCUT2D eigenvalue weighted by Crippen LogP contribution is 2.31. The summed E-state index contributed by atoms with van der Waals surface area (Å²) in [5.74, 6) is 7.11. The molecule has 1 aliphatic carbocycles. The Morgan fingerprint density at radius 3 is 2.79 bits per heavy atom. The first kappa shape index (κ1) is 14.4. The van der Waals surface area contributed by atoms with Crippen LogP contribution in [0.4, 0.5) is 11.6 Å². The number of rotatable bonds is 4. The third-order valence-electron chi connectivity index (χ3n) is 4.39. The Kier molecular flexibility index (Phi) is 3.87. The summed E-state index contributed by atoms with van der Waals surface area (Å²) < 4.78 is 27.5. The first-order valence-electron chi connectivity index (χ1n) is 10.2. The van der Waals surface area contributed by atoms with Gasteiger partial charge in [-0.2, -0.15) is 0 Å². The summed E-state index contributed by atoms with van der Waals surface area (Å²) in [5, 5.41) is 6.31. The van der Waals surface area contributed by atoms with Crippen LogP contribution in [-0.4, -0.2) is 34.9 Å². The van der Waals surface area contributed by atoms with E-state index < -0.39 is 6.98 Å². The van der Waals surface area contributed by atoms with Crippen LogP contribution in [-0.2, 0) is 4.79 Å². The average molecular weight is 376 g/mol. The highest BCUT2D eigenvalue weighted by Gasteiger charge is 2.29. The molecule has 0 bridgehead atoms. The van der Waals surface area contributed by atoms with Gasteiger partial charge in [-0.25, -0.2) is 15.0 Å². The number of nitrogens with one attached hydrogen (secondary N) is 2. The number of hydrogen-bond acceptors (Lipinski definition) is 6. The summed E-state index contributed by atoms with van der Waals surface area (Å²) in [6.07, 6.45) is 6.29. The number of hydrogen-bond donors (Lipinski definition) is 2. The molecule has 0 radical (unpaired) electrons. The van der Waals surface area contributed by atoms with E-state index in [-0.39, 0.29) is 17.6 Å². The highest BCUT2D eigenvalue weighted by atomic mass is 16.5. The smallest absolute Gasteiger partial charge is 0.228 e. The normalized spacial score (nSPS) is 14.8. The van der Waals surface area contributed by atoms with Crippen LogP contribution in [0.15, 0.2) is 36.8 Å². The monoisotopic (exact) mass is 376 g/mol. The van der Waals surface area contributed by atoms with Gasteiger partial charge in [0.05, 0.1) is 18.9 Å². The fraction of sp³-hybridized carbons (Fsp3) is 0.238. The van der Waals surface area contributed by atoms with E-state index in [1.165, 1.54) is 12.4 Å². The molecule has 4 rings (SSSR count). The number of ether oxygens (including phenoxy) is 1.